The third-order valence-corrected chi connectivity index (χ3v) is 6.74. The van der Waals surface area contributed by atoms with Crippen LogP contribution in [0.2, 0.25) is 0 Å². The highest BCUT2D eigenvalue weighted by Crippen LogP contribution is 2.51. The summed E-state index contributed by atoms with van der Waals surface area (Å²) in [5.74, 6) is 0.823. The van der Waals surface area contributed by atoms with Crippen molar-refractivity contribution in [2.24, 2.45) is 11.3 Å². The first-order valence-electron chi connectivity index (χ1n) is 7.95. The lowest BCUT2D eigenvalue weighted by atomic mass is 9.92. The van der Waals surface area contributed by atoms with Crippen LogP contribution >= 0.6 is 11.3 Å². The molecule has 1 nitrogen and oxygen atoms in total. The van der Waals surface area contributed by atoms with Crippen molar-refractivity contribution in [1.29, 1.82) is 0 Å². The summed E-state index contributed by atoms with van der Waals surface area (Å²) >= 11 is 2.06. The van der Waals surface area contributed by atoms with Crippen molar-refractivity contribution in [3.05, 3.63) is 21.4 Å². The molecule has 1 unspecified atom stereocenters. The van der Waals surface area contributed by atoms with Gasteiger partial charge in [0.1, 0.15) is 0 Å². The topological polar surface area (TPSA) is 12.0 Å². The largest absolute Gasteiger partial charge is 0.309 e. The van der Waals surface area contributed by atoms with Gasteiger partial charge in [-0.3, -0.25) is 0 Å². The summed E-state index contributed by atoms with van der Waals surface area (Å²) in [7, 11) is 0. The van der Waals surface area contributed by atoms with Gasteiger partial charge in [-0.15, -0.1) is 11.3 Å². The zero-order chi connectivity index (χ0) is 13.5. The van der Waals surface area contributed by atoms with Gasteiger partial charge in [-0.05, 0) is 68.4 Å². The van der Waals surface area contributed by atoms with Crippen LogP contribution in [0.1, 0.15) is 67.8 Å². The number of fused-ring (bicyclic) bond motifs is 1. The molecule has 1 saturated carbocycles. The monoisotopic (exact) mass is 277 g/mol. The Labute approximate surface area is 121 Å². The molecule has 19 heavy (non-hydrogen) atoms. The Bertz CT molecular complexity index is 419. The van der Waals surface area contributed by atoms with Crippen molar-refractivity contribution in [3.8, 4) is 0 Å². The number of hydrogen-bond donors (Lipinski definition) is 1. The molecular weight excluding hydrogens is 250 g/mol. The summed E-state index contributed by atoms with van der Waals surface area (Å²) in [6, 6.07) is 3.01. The maximum absolute atomic E-state index is 3.80. The Hall–Kier alpha value is -0.340. The Morgan fingerprint density at radius 3 is 2.58 bits per heavy atom. The number of nitrogens with one attached hydrogen (secondary N) is 1. The molecule has 0 saturated heterocycles. The van der Waals surface area contributed by atoms with Gasteiger partial charge in [-0.25, -0.2) is 0 Å². The van der Waals surface area contributed by atoms with E-state index in [9.17, 15) is 0 Å². The van der Waals surface area contributed by atoms with Crippen molar-refractivity contribution in [1.82, 2.24) is 5.32 Å². The van der Waals surface area contributed by atoms with Crippen LogP contribution in [0.3, 0.4) is 0 Å². The minimum Gasteiger partial charge on any atom is -0.309 e. The second-order valence-corrected chi connectivity index (χ2v) is 8.09. The van der Waals surface area contributed by atoms with Gasteiger partial charge in [0.15, 0.2) is 0 Å². The van der Waals surface area contributed by atoms with E-state index in [1.54, 1.807) is 15.3 Å². The van der Waals surface area contributed by atoms with Crippen molar-refractivity contribution < 1.29 is 0 Å². The number of rotatable bonds is 5. The molecule has 1 aromatic rings. The number of thiophene rings is 1. The van der Waals surface area contributed by atoms with Crippen molar-refractivity contribution in [2.75, 3.05) is 6.54 Å². The molecule has 0 amide bonds. The second-order valence-electron chi connectivity index (χ2n) is 6.92. The number of hydrogen-bond acceptors (Lipinski definition) is 2. The lowest BCUT2D eigenvalue weighted by Gasteiger charge is -2.22. The van der Waals surface area contributed by atoms with Gasteiger partial charge >= 0.3 is 0 Å². The molecular formula is C17H27NS. The van der Waals surface area contributed by atoms with Gasteiger partial charge in [0.2, 0.25) is 0 Å². The van der Waals surface area contributed by atoms with Crippen LogP contribution in [0.15, 0.2) is 6.07 Å². The summed E-state index contributed by atoms with van der Waals surface area (Å²) in [5.41, 5.74) is 2.26. The van der Waals surface area contributed by atoms with Gasteiger partial charge in [0, 0.05) is 22.3 Å². The van der Waals surface area contributed by atoms with E-state index in [0.717, 1.165) is 5.92 Å². The Morgan fingerprint density at radius 1 is 1.21 bits per heavy atom. The summed E-state index contributed by atoms with van der Waals surface area (Å²) in [5, 5.41) is 3.80. The minimum atomic E-state index is 0.534. The van der Waals surface area contributed by atoms with E-state index in [1.807, 2.05) is 0 Å². The molecule has 0 aromatic carbocycles. The van der Waals surface area contributed by atoms with Gasteiger partial charge < -0.3 is 5.32 Å². The average molecular weight is 277 g/mol. The van der Waals surface area contributed by atoms with Crippen molar-refractivity contribution in [2.45, 2.75) is 65.3 Å². The highest BCUT2D eigenvalue weighted by atomic mass is 32.1. The smallest absolute Gasteiger partial charge is 0.0386 e. The van der Waals surface area contributed by atoms with Crippen LogP contribution in [0.4, 0.5) is 0 Å². The highest BCUT2D eigenvalue weighted by Gasteiger charge is 2.44. The summed E-state index contributed by atoms with van der Waals surface area (Å²) in [4.78, 5) is 3.23. The fourth-order valence-corrected chi connectivity index (χ4v) is 4.59. The molecule has 2 heteroatoms. The molecule has 3 rings (SSSR count). The Balaban J connectivity index is 1.61. The van der Waals surface area contributed by atoms with Crippen LogP contribution in [-0.4, -0.2) is 6.54 Å². The number of aryl methyl sites for hydroxylation is 2. The summed E-state index contributed by atoms with van der Waals surface area (Å²) in [6.45, 7) is 8.30. The van der Waals surface area contributed by atoms with E-state index in [2.05, 4.69) is 43.5 Å². The fraction of sp³-hybridized carbons (Fsp3) is 0.765. The molecule has 2 aliphatic carbocycles. The molecule has 1 heterocycles. The Morgan fingerprint density at radius 2 is 1.95 bits per heavy atom. The van der Waals surface area contributed by atoms with E-state index >= 15 is 0 Å². The first-order valence-corrected chi connectivity index (χ1v) is 8.77. The molecule has 106 valence electrons. The quantitative estimate of drug-likeness (QED) is 0.821. The predicted octanol–water partition coefficient (Wildman–Crippen LogP) is 4.71. The Kier molecular flexibility index (Phi) is 3.74. The zero-order valence-electron chi connectivity index (χ0n) is 12.6. The van der Waals surface area contributed by atoms with Crippen LogP contribution < -0.4 is 5.32 Å². The van der Waals surface area contributed by atoms with Gasteiger partial charge in [0.25, 0.3) is 0 Å². The third kappa shape index (κ3) is 2.75. The lowest BCUT2D eigenvalue weighted by molar-refractivity contribution is 0.326. The van der Waals surface area contributed by atoms with Crippen LogP contribution in [0.25, 0.3) is 0 Å². The van der Waals surface area contributed by atoms with Crippen LogP contribution in [0.5, 0.6) is 0 Å². The van der Waals surface area contributed by atoms with Gasteiger partial charge in [0.05, 0.1) is 0 Å². The van der Waals surface area contributed by atoms with Gasteiger partial charge in [-0.1, -0.05) is 13.8 Å². The highest BCUT2D eigenvalue weighted by molar-refractivity contribution is 7.12. The van der Waals surface area contributed by atoms with Crippen LogP contribution in [0, 0.1) is 11.3 Å². The average Bonchev–Trinajstić information content (AvgIpc) is 3.07. The molecule has 2 aliphatic rings. The maximum Gasteiger partial charge on any atom is 0.0386 e. The normalized spacial score (nSPS) is 22.3. The first kappa shape index (κ1) is 13.6. The molecule has 1 fully saturated rings. The molecule has 1 N–H and O–H groups in total. The standard InChI is InChI=1S/C17H27NS/c1-12(2)17(8-9-17)11-18-13(3)16-10-14-6-4-5-7-15(14)19-16/h10,12-13,18H,4-9,11H2,1-3H3. The molecule has 0 spiro atoms. The van der Waals surface area contributed by atoms with Crippen molar-refractivity contribution in [3.63, 3.8) is 0 Å². The maximum atomic E-state index is 3.80. The predicted molar refractivity (Wildman–Crippen MR) is 83.9 cm³/mol. The first-order chi connectivity index (χ1) is 9.11. The van der Waals surface area contributed by atoms with Crippen molar-refractivity contribution >= 4 is 11.3 Å². The summed E-state index contributed by atoms with van der Waals surface area (Å²) < 4.78 is 0. The SMILES string of the molecule is CC(NCC1(C(C)C)CC1)c1cc2c(s1)CCCC2. The van der Waals surface area contributed by atoms with E-state index in [0.29, 0.717) is 11.5 Å². The lowest BCUT2D eigenvalue weighted by Crippen LogP contribution is -2.29. The molecule has 0 aliphatic heterocycles. The minimum absolute atomic E-state index is 0.534. The van der Waals surface area contributed by atoms with E-state index in [1.165, 1.54) is 45.1 Å². The third-order valence-electron chi connectivity index (χ3n) is 5.32. The second kappa shape index (κ2) is 5.21. The van der Waals surface area contributed by atoms with E-state index in [-0.39, 0.29) is 0 Å². The van der Waals surface area contributed by atoms with E-state index < -0.39 is 0 Å². The van der Waals surface area contributed by atoms with E-state index in [4.69, 9.17) is 0 Å². The molecule has 1 aromatic heterocycles. The fourth-order valence-electron chi connectivity index (χ4n) is 3.30. The molecule has 0 radical (unpaired) electrons. The van der Waals surface area contributed by atoms with Gasteiger partial charge in [-0.2, -0.15) is 0 Å². The molecule has 0 bridgehead atoms. The van der Waals surface area contributed by atoms with Crippen LogP contribution in [-0.2, 0) is 12.8 Å². The molecule has 1 atom stereocenters. The summed E-state index contributed by atoms with van der Waals surface area (Å²) in [6.07, 6.45) is 8.26. The zero-order valence-corrected chi connectivity index (χ0v) is 13.4.